The summed E-state index contributed by atoms with van der Waals surface area (Å²) in [7, 11) is 1.81. The zero-order chi connectivity index (χ0) is 15.0. The number of carboxylic acids is 1. The molecule has 3 rings (SSSR count). The van der Waals surface area contributed by atoms with Crippen molar-refractivity contribution in [1.29, 1.82) is 0 Å². The molecule has 1 aliphatic heterocycles. The average Bonchev–Trinajstić information content (AvgIpc) is 3.18. The van der Waals surface area contributed by atoms with Gasteiger partial charge < -0.3 is 14.9 Å². The first-order valence-corrected chi connectivity index (χ1v) is 7.96. The van der Waals surface area contributed by atoms with E-state index in [1.165, 1.54) is 12.8 Å². The summed E-state index contributed by atoms with van der Waals surface area (Å²) < 4.78 is 0. The summed E-state index contributed by atoms with van der Waals surface area (Å²) in [5.74, 6) is -1.52. The van der Waals surface area contributed by atoms with Crippen LogP contribution in [0.3, 0.4) is 0 Å². The molecule has 1 N–H and O–H groups in total. The van der Waals surface area contributed by atoms with Gasteiger partial charge in [-0.2, -0.15) is 0 Å². The first-order chi connectivity index (χ1) is 10.1. The summed E-state index contributed by atoms with van der Waals surface area (Å²) in [6.07, 6.45) is 7.34. The predicted molar refractivity (Wildman–Crippen MR) is 78.7 cm³/mol. The Morgan fingerprint density at radius 2 is 1.81 bits per heavy atom. The van der Waals surface area contributed by atoms with Gasteiger partial charge in [-0.15, -0.1) is 0 Å². The van der Waals surface area contributed by atoms with E-state index in [1.807, 2.05) is 19.2 Å². The highest BCUT2D eigenvalue weighted by Crippen LogP contribution is 2.48. The fraction of sp³-hybridized carbons (Fsp3) is 0.750. The molecular formula is C16H24N2O3. The molecule has 5 nitrogen and oxygen atoms in total. The Hall–Kier alpha value is -1.36. The molecule has 0 radical (unpaired) electrons. The first kappa shape index (κ1) is 14.6. The number of likely N-dealkylation sites (tertiary alicyclic amines) is 1. The Bertz CT molecular complexity index is 456. The van der Waals surface area contributed by atoms with Crippen molar-refractivity contribution in [3.63, 3.8) is 0 Å². The molecule has 0 spiro atoms. The quantitative estimate of drug-likeness (QED) is 0.770. The van der Waals surface area contributed by atoms with Crippen LogP contribution >= 0.6 is 0 Å². The van der Waals surface area contributed by atoms with Gasteiger partial charge in [0.15, 0.2) is 0 Å². The lowest BCUT2D eigenvalue weighted by atomic mass is 9.82. The number of carbonyl (C=O) groups is 2. The molecule has 2 fully saturated rings. The van der Waals surface area contributed by atoms with Gasteiger partial charge in [-0.25, -0.2) is 0 Å². The van der Waals surface area contributed by atoms with E-state index >= 15 is 0 Å². The lowest BCUT2D eigenvalue weighted by Gasteiger charge is -2.29. The third-order valence-electron chi connectivity index (χ3n) is 5.36. The molecule has 21 heavy (non-hydrogen) atoms. The molecule has 2 aliphatic carbocycles. The van der Waals surface area contributed by atoms with E-state index in [0.717, 1.165) is 26.1 Å². The van der Waals surface area contributed by atoms with Gasteiger partial charge in [-0.1, -0.05) is 12.2 Å². The standard InChI is InChI=1S/C16H24N2O3/c1-17(8-9-18-6-2-3-7-18)15(19)13-11-4-5-12(10-11)14(13)16(20)21/h4-5,11-14H,2-3,6-10H2,1H3,(H,20,21)/t11?,12?,13-,14+/m0/s1. The summed E-state index contributed by atoms with van der Waals surface area (Å²) in [4.78, 5) is 28.3. The number of carbonyl (C=O) groups excluding carboxylic acids is 1. The molecule has 3 aliphatic rings. The number of hydrogen-bond donors (Lipinski definition) is 1. The summed E-state index contributed by atoms with van der Waals surface area (Å²) in [5.41, 5.74) is 0. The van der Waals surface area contributed by atoms with Crippen LogP contribution in [0.2, 0.25) is 0 Å². The Labute approximate surface area is 125 Å². The average molecular weight is 292 g/mol. The zero-order valence-corrected chi connectivity index (χ0v) is 12.6. The first-order valence-electron chi connectivity index (χ1n) is 7.96. The molecule has 2 unspecified atom stereocenters. The van der Waals surface area contributed by atoms with Crippen LogP contribution in [0, 0.1) is 23.7 Å². The number of allylic oxidation sites excluding steroid dienone is 2. The van der Waals surface area contributed by atoms with E-state index in [2.05, 4.69) is 4.90 Å². The minimum absolute atomic E-state index is 0.0125. The summed E-state index contributed by atoms with van der Waals surface area (Å²) in [5, 5.41) is 9.43. The highest BCUT2D eigenvalue weighted by Gasteiger charge is 2.52. The Morgan fingerprint density at radius 3 is 2.43 bits per heavy atom. The molecule has 5 heteroatoms. The van der Waals surface area contributed by atoms with E-state index < -0.39 is 11.9 Å². The van der Waals surface area contributed by atoms with E-state index in [0.29, 0.717) is 6.54 Å². The van der Waals surface area contributed by atoms with E-state index in [4.69, 9.17) is 0 Å². The van der Waals surface area contributed by atoms with Crippen LogP contribution in [0.1, 0.15) is 19.3 Å². The van der Waals surface area contributed by atoms with Gasteiger partial charge >= 0.3 is 5.97 Å². The van der Waals surface area contributed by atoms with E-state index in [1.54, 1.807) is 4.90 Å². The number of aliphatic carboxylic acids is 1. The van der Waals surface area contributed by atoms with Crippen molar-refractivity contribution in [1.82, 2.24) is 9.80 Å². The normalized spacial score (nSPS) is 34.5. The second-order valence-electron chi connectivity index (χ2n) is 6.65. The second-order valence-corrected chi connectivity index (χ2v) is 6.65. The molecule has 0 aromatic heterocycles. The van der Waals surface area contributed by atoms with E-state index in [9.17, 15) is 14.7 Å². The lowest BCUT2D eigenvalue weighted by Crippen LogP contribution is -2.43. The molecular weight excluding hydrogens is 268 g/mol. The minimum atomic E-state index is -0.821. The predicted octanol–water partition coefficient (Wildman–Crippen LogP) is 1.06. The summed E-state index contributed by atoms with van der Waals surface area (Å²) in [6, 6.07) is 0. The van der Waals surface area contributed by atoms with Crippen LogP contribution in [0.25, 0.3) is 0 Å². The number of carboxylic acid groups (broad SMARTS) is 1. The Morgan fingerprint density at radius 1 is 1.19 bits per heavy atom. The zero-order valence-electron chi connectivity index (χ0n) is 12.6. The summed E-state index contributed by atoms with van der Waals surface area (Å²) >= 11 is 0. The maximum Gasteiger partial charge on any atom is 0.307 e. The number of nitrogens with zero attached hydrogens (tertiary/aromatic N) is 2. The second kappa shape index (κ2) is 5.79. The van der Waals surface area contributed by atoms with Crippen molar-refractivity contribution in [3.8, 4) is 0 Å². The largest absolute Gasteiger partial charge is 0.481 e. The van der Waals surface area contributed by atoms with Crippen molar-refractivity contribution < 1.29 is 14.7 Å². The molecule has 1 amide bonds. The minimum Gasteiger partial charge on any atom is -0.481 e. The Balaban J connectivity index is 1.60. The fourth-order valence-corrected chi connectivity index (χ4v) is 4.16. The molecule has 1 saturated heterocycles. The van der Waals surface area contributed by atoms with Crippen LogP contribution in [0.4, 0.5) is 0 Å². The van der Waals surface area contributed by atoms with Crippen molar-refractivity contribution >= 4 is 11.9 Å². The highest BCUT2D eigenvalue weighted by molar-refractivity contribution is 5.86. The van der Waals surface area contributed by atoms with Crippen LogP contribution in [0.5, 0.6) is 0 Å². The molecule has 0 aromatic carbocycles. The van der Waals surface area contributed by atoms with Gasteiger partial charge in [-0.05, 0) is 44.2 Å². The van der Waals surface area contributed by atoms with Gasteiger partial charge in [0.25, 0.3) is 0 Å². The molecule has 1 heterocycles. The monoisotopic (exact) mass is 292 g/mol. The lowest BCUT2D eigenvalue weighted by molar-refractivity contribution is -0.150. The number of amides is 1. The molecule has 2 bridgehead atoms. The third-order valence-corrected chi connectivity index (χ3v) is 5.36. The van der Waals surface area contributed by atoms with Crippen LogP contribution < -0.4 is 0 Å². The Kier molecular flexibility index (Phi) is 4.02. The highest BCUT2D eigenvalue weighted by atomic mass is 16.4. The van der Waals surface area contributed by atoms with Crippen molar-refractivity contribution in [2.75, 3.05) is 33.2 Å². The van der Waals surface area contributed by atoms with Gasteiger partial charge in [-0.3, -0.25) is 9.59 Å². The summed E-state index contributed by atoms with van der Waals surface area (Å²) in [6.45, 7) is 3.84. The fourth-order valence-electron chi connectivity index (χ4n) is 4.16. The molecule has 116 valence electrons. The third kappa shape index (κ3) is 2.71. The maximum absolute atomic E-state index is 12.7. The van der Waals surface area contributed by atoms with Crippen molar-refractivity contribution in [3.05, 3.63) is 12.2 Å². The van der Waals surface area contributed by atoms with Gasteiger partial charge in [0.1, 0.15) is 0 Å². The maximum atomic E-state index is 12.7. The number of rotatable bonds is 5. The molecule has 1 saturated carbocycles. The van der Waals surface area contributed by atoms with Gasteiger partial charge in [0, 0.05) is 20.1 Å². The van der Waals surface area contributed by atoms with Crippen LogP contribution in [0.15, 0.2) is 12.2 Å². The molecule has 0 aromatic rings. The number of fused-ring (bicyclic) bond motifs is 2. The van der Waals surface area contributed by atoms with Crippen LogP contribution in [-0.2, 0) is 9.59 Å². The number of likely N-dealkylation sites (N-methyl/N-ethyl adjacent to an activating group) is 1. The van der Waals surface area contributed by atoms with Gasteiger partial charge in [0.05, 0.1) is 11.8 Å². The van der Waals surface area contributed by atoms with Crippen molar-refractivity contribution in [2.24, 2.45) is 23.7 Å². The SMILES string of the molecule is CN(CCN1CCCC1)C(=O)[C@H]1C2C=CC(C2)[C@H]1C(=O)O. The van der Waals surface area contributed by atoms with Gasteiger partial charge in [0.2, 0.25) is 5.91 Å². The van der Waals surface area contributed by atoms with E-state index in [-0.39, 0.29) is 23.7 Å². The van der Waals surface area contributed by atoms with Crippen molar-refractivity contribution in [2.45, 2.75) is 19.3 Å². The topological polar surface area (TPSA) is 60.9 Å². The molecule has 4 atom stereocenters. The smallest absolute Gasteiger partial charge is 0.307 e. The number of hydrogen-bond acceptors (Lipinski definition) is 3. The van der Waals surface area contributed by atoms with Crippen LogP contribution in [-0.4, -0.2) is 60.0 Å².